The van der Waals surface area contributed by atoms with Crippen LogP contribution in [0, 0.1) is 6.92 Å². The third kappa shape index (κ3) is 2.77. The summed E-state index contributed by atoms with van der Waals surface area (Å²) in [4.78, 5) is 23.3. The highest BCUT2D eigenvalue weighted by Gasteiger charge is 2.29. The van der Waals surface area contributed by atoms with Gasteiger partial charge in [0.2, 0.25) is 0 Å². The zero-order valence-corrected chi connectivity index (χ0v) is 13.3. The molecule has 7 heteroatoms. The highest BCUT2D eigenvalue weighted by Crippen LogP contribution is 2.28. The van der Waals surface area contributed by atoms with E-state index in [1.807, 2.05) is 31.2 Å². The first-order chi connectivity index (χ1) is 11.5. The number of aliphatic carboxylic acids is 1. The number of halogens is 1. The fourth-order valence-electron chi connectivity index (χ4n) is 3.01. The van der Waals surface area contributed by atoms with Crippen molar-refractivity contribution in [2.45, 2.75) is 32.2 Å². The molecule has 1 aliphatic carbocycles. The lowest BCUT2D eigenvalue weighted by Gasteiger charge is -2.10. The van der Waals surface area contributed by atoms with Crippen molar-refractivity contribution >= 4 is 11.9 Å². The van der Waals surface area contributed by atoms with Crippen LogP contribution in [0.4, 0.5) is 4.39 Å². The smallest absolute Gasteiger partial charge is 0.328 e. The number of carbonyl (C=O) groups excluding carboxylic acids is 1. The van der Waals surface area contributed by atoms with Gasteiger partial charge < -0.3 is 10.4 Å². The van der Waals surface area contributed by atoms with Gasteiger partial charge in [-0.2, -0.15) is 5.10 Å². The Morgan fingerprint density at radius 1 is 1.38 bits per heavy atom. The van der Waals surface area contributed by atoms with Crippen molar-refractivity contribution in [1.29, 1.82) is 0 Å². The molecule has 0 saturated carbocycles. The van der Waals surface area contributed by atoms with Crippen molar-refractivity contribution in [3.63, 3.8) is 0 Å². The van der Waals surface area contributed by atoms with E-state index in [-0.39, 0.29) is 5.69 Å². The minimum atomic E-state index is -1.56. The van der Waals surface area contributed by atoms with Crippen LogP contribution in [-0.4, -0.2) is 39.5 Å². The quantitative estimate of drug-likeness (QED) is 0.875. The molecule has 1 amide bonds. The van der Waals surface area contributed by atoms with Gasteiger partial charge in [-0.25, -0.2) is 13.9 Å². The van der Waals surface area contributed by atoms with E-state index in [2.05, 4.69) is 10.4 Å². The molecule has 1 heterocycles. The standard InChI is InChI=1S/C17H18FN3O3/c1-10-5-2-3-7-13(10)21-14-8-4-6-11(14)15(20-21)16(22)19-12(9-18)17(23)24/h2-3,5,7,12H,4,6,8-9H2,1H3,(H,19,22)(H,23,24). The van der Waals surface area contributed by atoms with Gasteiger partial charge in [0.05, 0.1) is 5.69 Å². The Morgan fingerprint density at radius 3 is 2.79 bits per heavy atom. The number of aromatic nitrogens is 2. The highest BCUT2D eigenvalue weighted by molar-refractivity contribution is 5.96. The fourth-order valence-corrected chi connectivity index (χ4v) is 3.01. The molecule has 0 aliphatic heterocycles. The van der Waals surface area contributed by atoms with Crippen LogP contribution in [-0.2, 0) is 17.6 Å². The van der Waals surface area contributed by atoms with Gasteiger partial charge in [-0.3, -0.25) is 4.79 Å². The van der Waals surface area contributed by atoms with Crippen molar-refractivity contribution in [2.24, 2.45) is 0 Å². The monoisotopic (exact) mass is 331 g/mol. The average molecular weight is 331 g/mol. The minimum Gasteiger partial charge on any atom is -0.480 e. The normalized spacial score (nSPS) is 14.2. The van der Waals surface area contributed by atoms with Gasteiger partial charge >= 0.3 is 5.97 Å². The van der Waals surface area contributed by atoms with Crippen LogP contribution in [0.1, 0.15) is 33.7 Å². The predicted molar refractivity (Wildman–Crippen MR) is 85.2 cm³/mol. The van der Waals surface area contributed by atoms with Crippen LogP contribution in [0.25, 0.3) is 5.69 Å². The maximum Gasteiger partial charge on any atom is 0.328 e. The third-order valence-electron chi connectivity index (χ3n) is 4.25. The molecule has 1 unspecified atom stereocenters. The molecule has 1 atom stereocenters. The second kappa shape index (κ2) is 6.43. The number of amides is 1. The van der Waals surface area contributed by atoms with Crippen LogP contribution in [0.15, 0.2) is 24.3 Å². The first-order valence-electron chi connectivity index (χ1n) is 7.79. The maximum absolute atomic E-state index is 12.8. The second-order valence-electron chi connectivity index (χ2n) is 5.84. The van der Waals surface area contributed by atoms with Gasteiger partial charge in [-0.05, 0) is 37.8 Å². The molecule has 1 aromatic carbocycles. The Balaban J connectivity index is 1.99. The Kier molecular flexibility index (Phi) is 4.33. The molecule has 0 bridgehead atoms. The van der Waals surface area contributed by atoms with Crippen molar-refractivity contribution in [3.8, 4) is 5.69 Å². The highest BCUT2D eigenvalue weighted by atomic mass is 19.1. The fraction of sp³-hybridized carbons (Fsp3) is 0.353. The van der Waals surface area contributed by atoms with Crippen LogP contribution in [0.5, 0.6) is 0 Å². The Morgan fingerprint density at radius 2 is 2.12 bits per heavy atom. The lowest BCUT2D eigenvalue weighted by molar-refractivity contribution is -0.139. The number of nitrogens with one attached hydrogen (secondary N) is 1. The van der Waals surface area contributed by atoms with Gasteiger partial charge in [-0.1, -0.05) is 18.2 Å². The number of hydrogen-bond acceptors (Lipinski definition) is 3. The summed E-state index contributed by atoms with van der Waals surface area (Å²) in [7, 11) is 0. The number of carboxylic acid groups (broad SMARTS) is 1. The van der Waals surface area contributed by atoms with Gasteiger partial charge in [0.25, 0.3) is 5.91 Å². The predicted octanol–water partition coefficient (Wildman–Crippen LogP) is 1.82. The minimum absolute atomic E-state index is 0.186. The number of para-hydroxylation sites is 1. The van der Waals surface area contributed by atoms with E-state index in [0.29, 0.717) is 6.42 Å². The van der Waals surface area contributed by atoms with Crippen LogP contribution < -0.4 is 5.32 Å². The summed E-state index contributed by atoms with van der Waals surface area (Å²) in [6.07, 6.45) is 2.41. The van der Waals surface area contributed by atoms with Crippen LogP contribution in [0.2, 0.25) is 0 Å². The molecule has 2 N–H and O–H groups in total. The molecular weight excluding hydrogens is 313 g/mol. The van der Waals surface area contributed by atoms with Gasteiger partial charge in [-0.15, -0.1) is 0 Å². The summed E-state index contributed by atoms with van der Waals surface area (Å²) in [5, 5.41) is 15.5. The van der Waals surface area contributed by atoms with Crippen molar-refractivity contribution in [2.75, 3.05) is 6.67 Å². The number of alkyl halides is 1. The van der Waals surface area contributed by atoms with Crippen molar-refractivity contribution in [3.05, 3.63) is 46.8 Å². The SMILES string of the molecule is Cc1ccccc1-n1nc(C(=O)NC(CF)C(=O)O)c2c1CCC2. The molecule has 0 saturated heterocycles. The number of rotatable bonds is 5. The first-order valence-corrected chi connectivity index (χ1v) is 7.79. The van der Waals surface area contributed by atoms with Crippen molar-refractivity contribution < 1.29 is 19.1 Å². The van der Waals surface area contributed by atoms with Gasteiger partial charge in [0.1, 0.15) is 6.67 Å². The molecule has 126 valence electrons. The maximum atomic E-state index is 12.8. The molecule has 1 aromatic heterocycles. The summed E-state index contributed by atoms with van der Waals surface area (Å²) >= 11 is 0. The molecule has 0 radical (unpaired) electrons. The third-order valence-corrected chi connectivity index (χ3v) is 4.25. The topological polar surface area (TPSA) is 84.2 Å². The Hall–Kier alpha value is -2.70. The van der Waals surface area contributed by atoms with E-state index in [9.17, 15) is 14.0 Å². The van der Waals surface area contributed by atoms with Gasteiger partial charge in [0.15, 0.2) is 11.7 Å². The number of hydrogen-bond donors (Lipinski definition) is 2. The lowest BCUT2D eigenvalue weighted by atomic mass is 10.1. The van der Waals surface area contributed by atoms with Crippen LogP contribution >= 0.6 is 0 Å². The van der Waals surface area contributed by atoms with Gasteiger partial charge in [0, 0.05) is 11.3 Å². The zero-order chi connectivity index (χ0) is 17.3. The van der Waals surface area contributed by atoms with Crippen molar-refractivity contribution in [1.82, 2.24) is 15.1 Å². The number of benzene rings is 1. The molecule has 6 nitrogen and oxygen atoms in total. The number of aryl methyl sites for hydroxylation is 1. The summed E-state index contributed by atoms with van der Waals surface area (Å²) in [6.45, 7) is 0.795. The van der Waals surface area contributed by atoms with E-state index in [1.54, 1.807) is 4.68 Å². The zero-order valence-electron chi connectivity index (χ0n) is 13.3. The number of nitrogens with zero attached hydrogens (tertiary/aromatic N) is 2. The average Bonchev–Trinajstić information content (AvgIpc) is 3.15. The Labute approximate surface area is 138 Å². The van der Waals surface area contributed by atoms with E-state index in [0.717, 1.165) is 35.3 Å². The summed E-state index contributed by atoms with van der Waals surface area (Å²) in [6, 6.07) is 6.15. The first kappa shape index (κ1) is 16.2. The summed E-state index contributed by atoms with van der Waals surface area (Å²) in [5.41, 5.74) is 3.87. The molecule has 24 heavy (non-hydrogen) atoms. The Bertz CT molecular complexity index is 800. The molecule has 0 fully saturated rings. The van der Waals surface area contributed by atoms with E-state index in [1.165, 1.54) is 0 Å². The summed E-state index contributed by atoms with van der Waals surface area (Å²) in [5.74, 6) is -2.05. The molecule has 1 aliphatic rings. The number of fused-ring (bicyclic) bond motifs is 1. The molecular formula is C17H18FN3O3. The van der Waals surface area contributed by atoms with E-state index >= 15 is 0 Å². The number of carbonyl (C=O) groups is 2. The summed E-state index contributed by atoms with van der Waals surface area (Å²) < 4.78 is 14.5. The van der Waals surface area contributed by atoms with E-state index in [4.69, 9.17) is 5.11 Å². The lowest BCUT2D eigenvalue weighted by Crippen LogP contribution is -2.42. The molecule has 2 aromatic rings. The molecule has 3 rings (SSSR count). The second-order valence-corrected chi connectivity index (χ2v) is 5.84. The molecule has 0 spiro atoms. The largest absolute Gasteiger partial charge is 0.480 e. The van der Waals surface area contributed by atoms with Crippen LogP contribution in [0.3, 0.4) is 0 Å². The van der Waals surface area contributed by atoms with E-state index < -0.39 is 24.6 Å². The number of carboxylic acids is 1.